The Morgan fingerprint density at radius 1 is 1.26 bits per heavy atom. The first-order chi connectivity index (χ1) is 13.2. The highest BCUT2D eigenvalue weighted by molar-refractivity contribution is 5.79. The third-order valence-corrected chi connectivity index (χ3v) is 4.53. The van der Waals surface area contributed by atoms with Gasteiger partial charge in [0.05, 0.1) is 6.61 Å². The summed E-state index contributed by atoms with van der Waals surface area (Å²) in [6.45, 7) is 3.69. The van der Waals surface area contributed by atoms with Crippen molar-refractivity contribution in [2.75, 3.05) is 13.2 Å². The van der Waals surface area contributed by atoms with Crippen LogP contribution in [0.3, 0.4) is 0 Å². The summed E-state index contributed by atoms with van der Waals surface area (Å²) in [4.78, 5) is 22.7. The second-order valence-electron chi connectivity index (χ2n) is 6.45. The maximum absolute atomic E-state index is 12.5. The Morgan fingerprint density at radius 2 is 2.11 bits per heavy atom. The molecule has 138 valence electrons. The van der Waals surface area contributed by atoms with Gasteiger partial charge < -0.3 is 14.2 Å². The van der Waals surface area contributed by atoms with Crippen molar-refractivity contribution in [1.29, 1.82) is 0 Å². The molecule has 0 spiro atoms. The van der Waals surface area contributed by atoms with Crippen molar-refractivity contribution in [3.05, 3.63) is 60.2 Å². The second-order valence-corrected chi connectivity index (χ2v) is 6.45. The van der Waals surface area contributed by atoms with Crippen LogP contribution in [-0.2, 0) is 11.3 Å². The van der Waals surface area contributed by atoms with Crippen LogP contribution in [-0.4, -0.2) is 39.1 Å². The van der Waals surface area contributed by atoms with Crippen LogP contribution in [0.25, 0.3) is 11.5 Å². The molecule has 3 aromatic rings. The van der Waals surface area contributed by atoms with Crippen LogP contribution >= 0.6 is 0 Å². The van der Waals surface area contributed by atoms with Crippen LogP contribution < -0.4 is 4.74 Å². The first kappa shape index (κ1) is 17.2. The van der Waals surface area contributed by atoms with Crippen LogP contribution in [0.15, 0.2) is 53.3 Å². The molecule has 1 atom stereocenters. The molecule has 1 saturated heterocycles. The van der Waals surface area contributed by atoms with Gasteiger partial charge in [0.1, 0.15) is 5.75 Å². The summed E-state index contributed by atoms with van der Waals surface area (Å²) >= 11 is 0. The fourth-order valence-corrected chi connectivity index (χ4v) is 3.23. The quantitative estimate of drug-likeness (QED) is 0.669. The van der Waals surface area contributed by atoms with Gasteiger partial charge in [-0.05, 0) is 36.8 Å². The first-order valence-corrected chi connectivity index (χ1v) is 8.96. The van der Waals surface area contributed by atoms with E-state index in [1.54, 1.807) is 12.4 Å². The number of likely N-dealkylation sites (tertiary alicyclic amines) is 1. The molecule has 3 heterocycles. The van der Waals surface area contributed by atoms with Gasteiger partial charge in [0.15, 0.2) is 5.82 Å². The van der Waals surface area contributed by atoms with E-state index in [9.17, 15) is 4.79 Å². The molecule has 0 radical (unpaired) electrons. The second kappa shape index (κ2) is 7.57. The Morgan fingerprint density at radius 3 is 2.93 bits per heavy atom. The van der Waals surface area contributed by atoms with Crippen LogP contribution in [0.4, 0.5) is 0 Å². The lowest BCUT2D eigenvalue weighted by molar-refractivity contribution is -0.128. The number of hydrogen-bond donors (Lipinski definition) is 0. The van der Waals surface area contributed by atoms with Gasteiger partial charge in [0, 0.05) is 43.4 Å². The lowest BCUT2D eigenvalue weighted by Crippen LogP contribution is -2.24. The summed E-state index contributed by atoms with van der Waals surface area (Å²) in [5, 5.41) is 4.08. The van der Waals surface area contributed by atoms with Crippen LogP contribution in [0.5, 0.6) is 5.75 Å². The van der Waals surface area contributed by atoms with Crippen molar-refractivity contribution >= 4 is 5.91 Å². The maximum Gasteiger partial charge on any atom is 0.258 e. The lowest BCUT2D eigenvalue weighted by atomic mass is 10.1. The van der Waals surface area contributed by atoms with Crippen molar-refractivity contribution in [1.82, 2.24) is 20.0 Å². The van der Waals surface area contributed by atoms with Gasteiger partial charge in [0.2, 0.25) is 5.91 Å². The van der Waals surface area contributed by atoms with E-state index in [2.05, 4.69) is 15.1 Å². The fraction of sp³-hybridized carbons (Fsp3) is 0.300. The van der Waals surface area contributed by atoms with Crippen molar-refractivity contribution < 1.29 is 14.1 Å². The molecular weight excluding hydrogens is 344 g/mol. The van der Waals surface area contributed by atoms with Gasteiger partial charge in [-0.25, -0.2) is 0 Å². The molecule has 1 fully saturated rings. The van der Waals surface area contributed by atoms with Crippen molar-refractivity contribution in [3.63, 3.8) is 0 Å². The van der Waals surface area contributed by atoms with Crippen molar-refractivity contribution in [2.24, 2.45) is 0 Å². The lowest BCUT2D eigenvalue weighted by Gasteiger charge is -2.16. The molecule has 7 nitrogen and oxygen atoms in total. The number of pyridine rings is 1. The van der Waals surface area contributed by atoms with Crippen LogP contribution in [0, 0.1) is 0 Å². The topological polar surface area (TPSA) is 81.3 Å². The normalized spacial score (nSPS) is 16.7. The Hall–Kier alpha value is -3.22. The minimum Gasteiger partial charge on any atom is -0.494 e. The van der Waals surface area contributed by atoms with Gasteiger partial charge in [-0.2, -0.15) is 4.98 Å². The van der Waals surface area contributed by atoms with Gasteiger partial charge >= 0.3 is 0 Å². The number of ether oxygens (including phenoxy) is 1. The Balaban J connectivity index is 1.45. The standard InChI is InChI=1S/C20H20N4O3/c1-2-26-17-5-3-4-14(10-17)12-24-13-16(11-18(24)25)19-22-20(27-23-19)15-6-8-21-9-7-15/h3-10,16H,2,11-13H2,1H3. The molecular formula is C20H20N4O3. The average molecular weight is 364 g/mol. The van der Waals surface area contributed by atoms with Gasteiger partial charge in [-0.3, -0.25) is 9.78 Å². The Kier molecular flexibility index (Phi) is 4.82. The zero-order chi connectivity index (χ0) is 18.6. The summed E-state index contributed by atoms with van der Waals surface area (Å²) in [6.07, 6.45) is 3.74. The number of nitrogens with zero attached hydrogens (tertiary/aromatic N) is 4. The fourth-order valence-electron chi connectivity index (χ4n) is 3.23. The van der Waals surface area contributed by atoms with E-state index in [-0.39, 0.29) is 11.8 Å². The summed E-state index contributed by atoms with van der Waals surface area (Å²) < 4.78 is 10.9. The largest absolute Gasteiger partial charge is 0.494 e. The molecule has 27 heavy (non-hydrogen) atoms. The summed E-state index contributed by atoms with van der Waals surface area (Å²) in [5.41, 5.74) is 1.86. The van der Waals surface area contributed by atoms with E-state index in [1.807, 2.05) is 48.2 Å². The number of carbonyl (C=O) groups excluding carboxylic acids is 1. The van der Waals surface area contributed by atoms with Crippen LogP contribution in [0.2, 0.25) is 0 Å². The molecule has 1 amide bonds. The van der Waals surface area contributed by atoms with Gasteiger partial charge in [0.25, 0.3) is 5.89 Å². The summed E-state index contributed by atoms with van der Waals surface area (Å²) in [5.74, 6) is 1.87. The zero-order valence-corrected chi connectivity index (χ0v) is 15.0. The number of aromatic nitrogens is 3. The summed E-state index contributed by atoms with van der Waals surface area (Å²) in [6, 6.07) is 11.5. The minimum absolute atomic E-state index is 0.0630. The molecule has 1 unspecified atom stereocenters. The minimum atomic E-state index is -0.0630. The molecule has 0 bridgehead atoms. The van der Waals surface area contributed by atoms with E-state index < -0.39 is 0 Å². The van der Waals surface area contributed by atoms with Crippen molar-refractivity contribution in [2.45, 2.75) is 25.8 Å². The first-order valence-electron chi connectivity index (χ1n) is 8.96. The molecule has 2 aromatic heterocycles. The highest BCUT2D eigenvalue weighted by atomic mass is 16.5. The molecule has 0 saturated carbocycles. The smallest absolute Gasteiger partial charge is 0.258 e. The average Bonchev–Trinajstić information content (AvgIpc) is 3.31. The number of hydrogen-bond acceptors (Lipinski definition) is 6. The molecule has 0 N–H and O–H groups in total. The van der Waals surface area contributed by atoms with E-state index in [0.29, 0.717) is 37.8 Å². The Bertz CT molecular complexity index is 926. The molecule has 7 heteroatoms. The Labute approximate surface area is 157 Å². The molecule has 0 aliphatic carbocycles. The number of benzene rings is 1. The SMILES string of the molecule is CCOc1cccc(CN2CC(c3noc(-c4ccncc4)n3)CC2=O)c1. The third-order valence-electron chi connectivity index (χ3n) is 4.53. The van der Waals surface area contributed by atoms with Gasteiger partial charge in [-0.15, -0.1) is 0 Å². The highest BCUT2D eigenvalue weighted by Crippen LogP contribution is 2.29. The predicted molar refractivity (Wildman–Crippen MR) is 97.9 cm³/mol. The monoisotopic (exact) mass is 364 g/mol. The molecule has 1 aliphatic heterocycles. The van der Waals surface area contributed by atoms with E-state index in [4.69, 9.17) is 9.26 Å². The van der Waals surface area contributed by atoms with E-state index >= 15 is 0 Å². The molecule has 1 aliphatic rings. The number of rotatable bonds is 6. The summed E-state index contributed by atoms with van der Waals surface area (Å²) in [7, 11) is 0. The van der Waals surface area contributed by atoms with Crippen molar-refractivity contribution in [3.8, 4) is 17.2 Å². The van der Waals surface area contributed by atoms with Crippen LogP contribution in [0.1, 0.15) is 30.7 Å². The van der Waals surface area contributed by atoms with E-state index in [0.717, 1.165) is 16.9 Å². The number of carbonyl (C=O) groups is 1. The number of amides is 1. The van der Waals surface area contributed by atoms with E-state index in [1.165, 1.54) is 0 Å². The predicted octanol–water partition coefficient (Wildman–Crippen LogP) is 3.05. The van der Waals surface area contributed by atoms with Gasteiger partial charge in [-0.1, -0.05) is 17.3 Å². The zero-order valence-electron chi connectivity index (χ0n) is 15.0. The maximum atomic E-state index is 12.5. The third kappa shape index (κ3) is 3.81. The molecule has 4 rings (SSSR count). The highest BCUT2D eigenvalue weighted by Gasteiger charge is 2.33. The molecule has 1 aromatic carbocycles.